The van der Waals surface area contributed by atoms with Gasteiger partial charge in [-0.3, -0.25) is 4.79 Å². The number of phenols is 2. The van der Waals surface area contributed by atoms with Crippen molar-refractivity contribution in [2.45, 2.75) is 20.3 Å². The summed E-state index contributed by atoms with van der Waals surface area (Å²) in [6.45, 7) is 3.94. The molecule has 0 saturated carbocycles. The Hall–Kier alpha value is -2.49. The van der Waals surface area contributed by atoms with Gasteiger partial charge in [0.2, 0.25) is 0 Å². The standard InChI is InChI=1S/C19H22O4/c1-12(10-14-4-9-17(21)18(11-14)23-3)13(2)19(22)15-5-7-16(20)8-6-15/h4-9,11-13,20-21H,10H2,1-3H3/t12-,13+/m0/s1. The number of phenolic OH excluding ortho intramolecular Hbond substituents is 2. The van der Waals surface area contributed by atoms with Gasteiger partial charge >= 0.3 is 0 Å². The molecule has 0 radical (unpaired) electrons. The fourth-order valence-electron chi connectivity index (χ4n) is 2.54. The molecule has 0 saturated heterocycles. The monoisotopic (exact) mass is 314 g/mol. The van der Waals surface area contributed by atoms with Crippen LogP contribution in [-0.4, -0.2) is 23.1 Å². The third-order valence-electron chi connectivity index (χ3n) is 4.22. The SMILES string of the molecule is COc1cc(C[C@H](C)[C@@H](C)C(=O)c2ccc(O)cc2)ccc1O. The maximum Gasteiger partial charge on any atom is 0.165 e. The highest BCUT2D eigenvalue weighted by Crippen LogP contribution is 2.29. The van der Waals surface area contributed by atoms with Crippen molar-refractivity contribution >= 4 is 5.78 Å². The van der Waals surface area contributed by atoms with Crippen LogP contribution in [0.4, 0.5) is 0 Å². The molecule has 2 aromatic rings. The summed E-state index contributed by atoms with van der Waals surface area (Å²) in [5.74, 6) is 0.732. The minimum Gasteiger partial charge on any atom is -0.508 e. The molecule has 122 valence electrons. The Bertz CT molecular complexity index is 676. The number of ketones is 1. The normalized spacial score (nSPS) is 13.3. The third-order valence-corrected chi connectivity index (χ3v) is 4.22. The van der Waals surface area contributed by atoms with Crippen molar-refractivity contribution in [1.82, 2.24) is 0 Å². The van der Waals surface area contributed by atoms with Crippen LogP contribution in [0.1, 0.15) is 29.8 Å². The summed E-state index contributed by atoms with van der Waals surface area (Å²) < 4.78 is 5.12. The van der Waals surface area contributed by atoms with Gasteiger partial charge in [-0.15, -0.1) is 0 Å². The molecule has 4 nitrogen and oxygen atoms in total. The Morgan fingerprint density at radius 2 is 1.74 bits per heavy atom. The van der Waals surface area contributed by atoms with Gasteiger partial charge in [-0.1, -0.05) is 19.9 Å². The number of hydrogen-bond acceptors (Lipinski definition) is 4. The lowest BCUT2D eigenvalue weighted by Gasteiger charge is -2.19. The summed E-state index contributed by atoms with van der Waals surface area (Å²) in [5, 5.41) is 18.9. The summed E-state index contributed by atoms with van der Waals surface area (Å²) in [4.78, 5) is 12.5. The van der Waals surface area contributed by atoms with Crippen molar-refractivity contribution in [3.05, 3.63) is 53.6 Å². The van der Waals surface area contributed by atoms with E-state index >= 15 is 0 Å². The van der Waals surface area contributed by atoms with E-state index in [2.05, 4.69) is 0 Å². The van der Waals surface area contributed by atoms with Crippen molar-refractivity contribution in [2.75, 3.05) is 7.11 Å². The predicted octanol–water partition coefficient (Wildman–Crippen LogP) is 3.80. The molecule has 0 aliphatic rings. The number of methoxy groups -OCH3 is 1. The zero-order valence-electron chi connectivity index (χ0n) is 13.6. The lowest BCUT2D eigenvalue weighted by molar-refractivity contribution is 0.0893. The van der Waals surface area contributed by atoms with Gasteiger partial charge in [0, 0.05) is 11.5 Å². The predicted molar refractivity (Wildman–Crippen MR) is 89.1 cm³/mol. The first kappa shape index (κ1) is 16.9. The van der Waals surface area contributed by atoms with Crippen molar-refractivity contribution in [2.24, 2.45) is 11.8 Å². The van der Waals surface area contributed by atoms with E-state index in [1.54, 1.807) is 24.3 Å². The molecule has 0 bridgehead atoms. The van der Waals surface area contributed by atoms with E-state index < -0.39 is 0 Å². The zero-order chi connectivity index (χ0) is 17.0. The number of benzene rings is 2. The first-order valence-electron chi connectivity index (χ1n) is 7.61. The lowest BCUT2D eigenvalue weighted by atomic mass is 9.84. The number of aromatic hydroxyl groups is 2. The summed E-state index contributed by atoms with van der Waals surface area (Å²) in [6, 6.07) is 11.6. The van der Waals surface area contributed by atoms with Crippen molar-refractivity contribution < 1.29 is 19.7 Å². The van der Waals surface area contributed by atoms with Gasteiger partial charge in [-0.05, 0) is 54.3 Å². The maximum absolute atomic E-state index is 12.5. The van der Waals surface area contributed by atoms with Gasteiger partial charge in [0.25, 0.3) is 0 Å². The molecule has 0 aromatic heterocycles. The summed E-state index contributed by atoms with van der Waals surface area (Å²) in [7, 11) is 1.51. The molecule has 23 heavy (non-hydrogen) atoms. The highest BCUT2D eigenvalue weighted by molar-refractivity contribution is 5.97. The topological polar surface area (TPSA) is 66.8 Å². The van der Waals surface area contributed by atoms with Crippen molar-refractivity contribution in [3.8, 4) is 17.2 Å². The summed E-state index contributed by atoms with van der Waals surface area (Å²) in [6.07, 6.45) is 0.710. The Morgan fingerprint density at radius 1 is 1.09 bits per heavy atom. The van der Waals surface area contributed by atoms with E-state index in [-0.39, 0.29) is 29.1 Å². The van der Waals surface area contributed by atoms with Crippen LogP contribution in [-0.2, 0) is 6.42 Å². The Labute approximate surface area is 136 Å². The smallest absolute Gasteiger partial charge is 0.165 e. The molecule has 2 aromatic carbocycles. The maximum atomic E-state index is 12.5. The van der Waals surface area contributed by atoms with Crippen LogP contribution in [0.15, 0.2) is 42.5 Å². The average Bonchev–Trinajstić information content (AvgIpc) is 2.55. The van der Waals surface area contributed by atoms with E-state index in [0.717, 1.165) is 5.56 Å². The second-order valence-corrected chi connectivity index (χ2v) is 5.89. The van der Waals surface area contributed by atoms with E-state index in [1.807, 2.05) is 19.9 Å². The summed E-state index contributed by atoms with van der Waals surface area (Å²) >= 11 is 0. The first-order chi connectivity index (χ1) is 10.9. The Kier molecular flexibility index (Phi) is 5.27. The number of carbonyl (C=O) groups excluding carboxylic acids is 1. The largest absolute Gasteiger partial charge is 0.508 e. The summed E-state index contributed by atoms with van der Waals surface area (Å²) in [5.41, 5.74) is 1.61. The molecule has 2 N–H and O–H groups in total. The molecule has 0 aliphatic carbocycles. The number of ether oxygens (including phenoxy) is 1. The molecule has 2 atom stereocenters. The van der Waals surface area contributed by atoms with E-state index in [4.69, 9.17) is 4.74 Å². The molecular formula is C19H22O4. The van der Waals surface area contributed by atoms with Crippen LogP contribution in [0.2, 0.25) is 0 Å². The molecule has 0 fully saturated rings. The fraction of sp³-hybridized carbons (Fsp3) is 0.316. The Balaban J connectivity index is 2.08. The highest BCUT2D eigenvalue weighted by Gasteiger charge is 2.22. The molecule has 0 amide bonds. The molecule has 2 rings (SSSR count). The second-order valence-electron chi connectivity index (χ2n) is 5.89. The highest BCUT2D eigenvalue weighted by atomic mass is 16.5. The van der Waals surface area contributed by atoms with Gasteiger partial charge in [0.1, 0.15) is 5.75 Å². The van der Waals surface area contributed by atoms with E-state index in [1.165, 1.54) is 19.2 Å². The van der Waals surface area contributed by atoms with Gasteiger partial charge in [0.15, 0.2) is 17.3 Å². The zero-order valence-corrected chi connectivity index (χ0v) is 13.6. The molecule has 0 heterocycles. The molecule has 0 aliphatic heterocycles. The minimum atomic E-state index is -0.153. The molecule has 0 unspecified atom stereocenters. The fourth-order valence-corrected chi connectivity index (χ4v) is 2.54. The lowest BCUT2D eigenvalue weighted by Crippen LogP contribution is -2.20. The number of rotatable bonds is 6. The van der Waals surface area contributed by atoms with E-state index in [0.29, 0.717) is 17.7 Å². The third kappa shape index (κ3) is 4.03. The number of carbonyl (C=O) groups is 1. The molecule has 4 heteroatoms. The van der Waals surface area contributed by atoms with Gasteiger partial charge in [-0.2, -0.15) is 0 Å². The quantitative estimate of drug-likeness (QED) is 0.796. The van der Waals surface area contributed by atoms with Crippen LogP contribution >= 0.6 is 0 Å². The van der Waals surface area contributed by atoms with Crippen molar-refractivity contribution in [3.63, 3.8) is 0 Å². The molecular weight excluding hydrogens is 292 g/mol. The van der Waals surface area contributed by atoms with Crippen LogP contribution < -0.4 is 4.74 Å². The van der Waals surface area contributed by atoms with Crippen LogP contribution in [0.3, 0.4) is 0 Å². The van der Waals surface area contributed by atoms with Crippen LogP contribution in [0.5, 0.6) is 17.2 Å². The van der Waals surface area contributed by atoms with Crippen LogP contribution in [0.25, 0.3) is 0 Å². The number of hydrogen-bond donors (Lipinski definition) is 2. The van der Waals surface area contributed by atoms with Crippen molar-refractivity contribution in [1.29, 1.82) is 0 Å². The molecule has 0 spiro atoms. The van der Waals surface area contributed by atoms with Gasteiger partial charge < -0.3 is 14.9 Å². The van der Waals surface area contributed by atoms with E-state index in [9.17, 15) is 15.0 Å². The average molecular weight is 314 g/mol. The van der Waals surface area contributed by atoms with Gasteiger partial charge in [-0.25, -0.2) is 0 Å². The second kappa shape index (κ2) is 7.18. The first-order valence-corrected chi connectivity index (χ1v) is 7.61. The minimum absolute atomic E-state index is 0.0586. The van der Waals surface area contributed by atoms with Crippen LogP contribution in [0, 0.1) is 11.8 Å². The Morgan fingerprint density at radius 3 is 2.35 bits per heavy atom. The number of Topliss-reactive ketones (excluding diaryl/α,β-unsaturated/α-hetero) is 1. The van der Waals surface area contributed by atoms with Gasteiger partial charge in [0.05, 0.1) is 7.11 Å².